The Morgan fingerprint density at radius 1 is 1.44 bits per heavy atom. The lowest BCUT2D eigenvalue weighted by Crippen LogP contribution is -2.07. The van der Waals surface area contributed by atoms with Gasteiger partial charge >= 0.3 is 5.97 Å². The third-order valence-electron chi connectivity index (χ3n) is 3.42. The van der Waals surface area contributed by atoms with E-state index in [1.807, 2.05) is 37.4 Å². The molecule has 1 fully saturated rings. The van der Waals surface area contributed by atoms with Crippen molar-refractivity contribution in [1.29, 1.82) is 0 Å². The Bertz CT molecular complexity index is 594. The van der Waals surface area contributed by atoms with Crippen molar-refractivity contribution in [2.24, 2.45) is 5.92 Å². The molecule has 1 saturated carbocycles. The Labute approximate surface area is 106 Å². The highest BCUT2D eigenvalue weighted by Crippen LogP contribution is 2.48. The van der Waals surface area contributed by atoms with E-state index in [2.05, 4.69) is 11.1 Å². The van der Waals surface area contributed by atoms with Crippen molar-refractivity contribution >= 4 is 16.9 Å². The second kappa shape index (κ2) is 4.41. The van der Waals surface area contributed by atoms with Crippen LogP contribution in [0.4, 0.5) is 0 Å². The fraction of sp³-hybridized carbons (Fsp3) is 0.333. The molecule has 0 N–H and O–H groups in total. The van der Waals surface area contributed by atoms with Gasteiger partial charge in [0.25, 0.3) is 0 Å². The van der Waals surface area contributed by atoms with Crippen LogP contribution in [0.2, 0.25) is 0 Å². The van der Waals surface area contributed by atoms with E-state index in [-0.39, 0.29) is 11.9 Å². The summed E-state index contributed by atoms with van der Waals surface area (Å²) in [5, 5.41) is 1.13. The van der Waals surface area contributed by atoms with Gasteiger partial charge in [-0.25, -0.2) is 0 Å². The van der Waals surface area contributed by atoms with Crippen LogP contribution in [0.25, 0.3) is 10.9 Å². The highest BCUT2D eigenvalue weighted by atomic mass is 16.5. The Hall–Kier alpha value is -1.90. The van der Waals surface area contributed by atoms with E-state index in [1.54, 1.807) is 0 Å². The summed E-state index contributed by atoms with van der Waals surface area (Å²) < 4.78 is 5.05. The molecule has 0 saturated heterocycles. The number of pyridine rings is 1. The normalized spacial score (nSPS) is 21.8. The van der Waals surface area contributed by atoms with Crippen LogP contribution in [0, 0.1) is 5.92 Å². The molecule has 0 amide bonds. The smallest absolute Gasteiger partial charge is 0.309 e. The van der Waals surface area contributed by atoms with Gasteiger partial charge in [0.2, 0.25) is 0 Å². The zero-order valence-electron chi connectivity index (χ0n) is 10.3. The number of hydrogen-bond acceptors (Lipinski definition) is 3. The van der Waals surface area contributed by atoms with Crippen molar-refractivity contribution in [3.05, 3.63) is 42.1 Å². The first-order valence-corrected chi connectivity index (χ1v) is 6.31. The minimum absolute atomic E-state index is 0.0351. The molecule has 3 rings (SSSR count). The summed E-state index contributed by atoms with van der Waals surface area (Å²) in [7, 11) is 0. The average molecular weight is 241 g/mol. The molecule has 1 heterocycles. The van der Waals surface area contributed by atoms with E-state index in [1.165, 1.54) is 0 Å². The number of ether oxygens (including phenoxy) is 1. The lowest BCUT2D eigenvalue weighted by molar-refractivity contribution is -0.144. The number of para-hydroxylation sites is 1. The molecule has 0 spiro atoms. The topological polar surface area (TPSA) is 39.2 Å². The molecule has 1 aliphatic rings. The highest BCUT2D eigenvalue weighted by molar-refractivity contribution is 5.81. The van der Waals surface area contributed by atoms with Gasteiger partial charge in [-0.1, -0.05) is 18.2 Å². The lowest BCUT2D eigenvalue weighted by atomic mass is 10.1. The van der Waals surface area contributed by atoms with Crippen LogP contribution in [0.15, 0.2) is 36.5 Å². The summed E-state index contributed by atoms with van der Waals surface area (Å²) in [5.41, 5.74) is 2.14. The van der Waals surface area contributed by atoms with E-state index in [0.29, 0.717) is 12.5 Å². The number of hydrogen-bond donors (Lipinski definition) is 0. The van der Waals surface area contributed by atoms with Crippen LogP contribution in [-0.4, -0.2) is 17.6 Å². The molecule has 18 heavy (non-hydrogen) atoms. The maximum absolute atomic E-state index is 11.6. The number of carbonyl (C=O) groups excluding carboxylic acids is 1. The van der Waals surface area contributed by atoms with E-state index < -0.39 is 0 Å². The summed E-state index contributed by atoms with van der Waals surface area (Å²) >= 11 is 0. The fourth-order valence-electron chi connectivity index (χ4n) is 2.36. The molecule has 0 bridgehead atoms. The number of nitrogens with zero attached hydrogens (tertiary/aromatic N) is 1. The maximum atomic E-state index is 11.6. The summed E-state index contributed by atoms with van der Waals surface area (Å²) in [6.45, 7) is 2.30. The maximum Gasteiger partial charge on any atom is 0.309 e. The Balaban J connectivity index is 1.82. The molecule has 1 unspecified atom stereocenters. The van der Waals surface area contributed by atoms with Crippen molar-refractivity contribution in [3.8, 4) is 0 Å². The zero-order valence-corrected chi connectivity index (χ0v) is 10.3. The minimum Gasteiger partial charge on any atom is -0.466 e. The number of benzene rings is 1. The second-order valence-electron chi connectivity index (χ2n) is 4.66. The van der Waals surface area contributed by atoms with Crippen LogP contribution < -0.4 is 0 Å². The Morgan fingerprint density at radius 3 is 3.11 bits per heavy atom. The van der Waals surface area contributed by atoms with Crippen LogP contribution in [0.1, 0.15) is 24.8 Å². The lowest BCUT2D eigenvalue weighted by Gasteiger charge is -2.03. The van der Waals surface area contributed by atoms with E-state index >= 15 is 0 Å². The van der Waals surface area contributed by atoms with Gasteiger partial charge in [0, 0.05) is 11.6 Å². The summed E-state index contributed by atoms with van der Waals surface area (Å²) in [6, 6.07) is 10.2. The van der Waals surface area contributed by atoms with E-state index in [4.69, 9.17) is 4.74 Å². The van der Waals surface area contributed by atoms with Crippen LogP contribution >= 0.6 is 0 Å². The van der Waals surface area contributed by atoms with E-state index in [0.717, 1.165) is 22.9 Å². The molecule has 3 nitrogen and oxygen atoms in total. The first kappa shape index (κ1) is 11.2. The van der Waals surface area contributed by atoms with Crippen molar-refractivity contribution in [2.75, 3.05) is 6.61 Å². The summed E-state index contributed by atoms with van der Waals surface area (Å²) in [5.74, 6) is 0.254. The van der Waals surface area contributed by atoms with Gasteiger partial charge in [0.05, 0.1) is 18.0 Å². The van der Waals surface area contributed by atoms with Gasteiger partial charge in [-0.3, -0.25) is 9.78 Å². The van der Waals surface area contributed by atoms with E-state index in [9.17, 15) is 4.79 Å². The predicted octanol–water partition coefficient (Wildman–Crippen LogP) is 2.90. The number of aromatic nitrogens is 1. The predicted molar refractivity (Wildman–Crippen MR) is 69.2 cm³/mol. The van der Waals surface area contributed by atoms with Crippen LogP contribution in [-0.2, 0) is 9.53 Å². The largest absolute Gasteiger partial charge is 0.466 e. The van der Waals surface area contributed by atoms with Crippen LogP contribution in [0.5, 0.6) is 0 Å². The standard InChI is InChI=1S/C15H15NO2/c1-2-18-15(17)13-8-12(13)11-7-10-5-3-4-6-14(10)16-9-11/h3-7,9,12-13H,2,8H2,1H3/t12?,13-/m0/s1. The van der Waals surface area contributed by atoms with Gasteiger partial charge in [-0.05, 0) is 37.0 Å². The van der Waals surface area contributed by atoms with Gasteiger partial charge in [0.1, 0.15) is 0 Å². The van der Waals surface area contributed by atoms with Gasteiger partial charge in [-0.2, -0.15) is 0 Å². The molecule has 3 heteroatoms. The molecule has 0 radical (unpaired) electrons. The SMILES string of the molecule is CCOC(=O)[C@H]1CC1c1cnc2ccccc2c1. The summed E-state index contributed by atoms with van der Waals surface area (Å²) in [6.07, 6.45) is 2.77. The monoisotopic (exact) mass is 241 g/mol. The van der Waals surface area contributed by atoms with Crippen molar-refractivity contribution in [1.82, 2.24) is 4.98 Å². The molecule has 1 aromatic heterocycles. The van der Waals surface area contributed by atoms with Gasteiger partial charge < -0.3 is 4.74 Å². The van der Waals surface area contributed by atoms with Crippen molar-refractivity contribution < 1.29 is 9.53 Å². The van der Waals surface area contributed by atoms with Gasteiger partial charge in [-0.15, -0.1) is 0 Å². The molecule has 92 valence electrons. The third kappa shape index (κ3) is 1.96. The fourth-order valence-corrected chi connectivity index (χ4v) is 2.36. The first-order valence-electron chi connectivity index (χ1n) is 6.31. The molecule has 1 aliphatic carbocycles. The van der Waals surface area contributed by atoms with Crippen molar-refractivity contribution in [2.45, 2.75) is 19.3 Å². The number of fused-ring (bicyclic) bond motifs is 1. The molecular formula is C15H15NO2. The number of carbonyl (C=O) groups is 1. The quantitative estimate of drug-likeness (QED) is 0.776. The molecule has 2 aromatic rings. The number of esters is 1. The molecule has 2 atom stereocenters. The highest BCUT2D eigenvalue weighted by Gasteiger charge is 2.45. The summed E-state index contributed by atoms with van der Waals surface area (Å²) in [4.78, 5) is 16.0. The van der Waals surface area contributed by atoms with Crippen LogP contribution in [0.3, 0.4) is 0 Å². The molecule has 1 aromatic carbocycles. The Morgan fingerprint density at radius 2 is 2.28 bits per heavy atom. The van der Waals surface area contributed by atoms with Gasteiger partial charge in [0.15, 0.2) is 0 Å². The zero-order chi connectivity index (χ0) is 12.5. The second-order valence-corrected chi connectivity index (χ2v) is 4.66. The Kier molecular flexibility index (Phi) is 2.74. The molecular weight excluding hydrogens is 226 g/mol. The average Bonchev–Trinajstić information content (AvgIpc) is 3.19. The minimum atomic E-state index is -0.0735. The first-order chi connectivity index (χ1) is 8.79. The molecule has 0 aliphatic heterocycles. The number of rotatable bonds is 3. The third-order valence-corrected chi connectivity index (χ3v) is 3.42. The van der Waals surface area contributed by atoms with Crippen molar-refractivity contribution in [3.63, 3.8) is 0 Å².